The minimum atomic E-state index is -1.30. The molecule has 1 atom stereocenters. The Balaban J connectivity index is 2.72. The van der Waals surface area contributed by atoms with E-state index in [9.17, 15) is 14.7 Å². The lowest BCUT2D eigenvalue weighted by molar-refractivity contribution is 0.0568. The third-order valence-electron chi connectivity index (χ3n) is 3.55. The number of ether oxygens (including phenoxy) is 1. The van der Waals surface area contributed by atoms with Crippen LogP contribution in [0.1, 0.15) is 45.9 Å². The van der Waals surface area contributed by atoms with Crippen molar-refractivity contribution in [3.8, 4) is 0 Å². The number of aromatic nitrogens is 2. The van der Waals surface area contributed by atoms with Crippen LogP contribution in [-0.2, 0) is 4.74 Å². The SMILES string of the molecule is CCC(c1ccc(Cl)c(Cl)c1)n1c(C(=O)OC)c(C(=O)O)[nH]c1=S. The Hall–Kier alpha value is -1.83. The van der Waals surface area contributed by atoms with Gasteiger partial charge in [-0.1, -0.05) is 36.2 Å². The zero-order valence-corrected chi connectivity index (χ0v) is 15.1. The predicted octanol–water partition coefficient (Wildman–Crippen LogP) is 4.34. The van der Waals surface area contributed by atoms with E-state index in [-0.39, 0.29) is 16.2 Å². The number of benzene rings is 1. The number of hydrogen-bond donors (Lipinski definition) is 2. The molecule has 0 radical (unpaired) electrons. The molecule has 2 aromatic rings. The summed E-state index contributed by atoms with van der Waals surface area (Å²) < 4.78 is 6.26. The van der Waals surface area contributed by atoms with Crippen LogP contribution in [0, 0.1) is 4.77 Å². The van der Waals surface area contributed by atoms with Gasteiger partial charge in [-0.05, 0) is 36.3 Å². The van der Waals surface area contributed by atoms with Crippen molar-refractivity contribution in [2.75, 3.05) is 7.11 Å². The number of H-pyrrole nitrogens is 1. The van der Waals surface area contributed by atoms with Gasteiger partial charge >= 0.3 is 11.9 Å². The smallest absolute Gasteiger partial charge is 0.357 e. The number of halogens is 2. The quantitative estimate of drug-likeness (QED) is 0.587. The summed E-state index contributed by atoms with van der Waals surface area (Å²) in [7, 11) is 1.18. The molecule has 0 aliphatic heterocycles. The number of hydrogen-bond acceptors (Lipinski definition) is 4. The highest BCUT2D eigenvalue weighted by Gasteiger charge is 2.28. The number of aromatic amines is 1. The van der Waals surface area contributed by atoms with E-state index in [0.29, 0.717) is 16.5 Å². The molecule has 1 unspecified atom stereocenters. The van der Waals surface area contributed by atoms with Crippen molar-refractivity contribution in [2.24, 2.45) is 0 Å². The average molecular weight is 389 g/mol. The van der Waals surface area contributed by atoms with E-state index in [2.05, 4.69) is 4.98 Å². The molecule has 0 aliphatic carbocycles. The number of carboxylic acids is 1. The van der Waals surface area contributed by atoms with Gasteiger partial charge in [-0.3, -0.25) is 0 Å². The maximum Gasteiger partial charge on any atom is 0.357 e. The van der Waals surface area contributed by atoms with Gasteiger partial charge in [0.15, 0.2) is 16.2 Å². The van der Waals surface area contributed by atoms with E-state index in [4.69, 9.17) is 40.2 Å². The summed E-state index contributed by atoms with van der Waals surface area (Å²) >= 11 is 17.2. The number of nitrogens with zero attached hydrogens (tertiary/aromatic N) is 1. The molecule has 0 spiro atoms. The summed E-state index contributed by atoms with van der Waals surface area (Å²) in [5.41, 5.74) is 0.280. The predicted molar refractivity (Wildman–Crippen MR) is 92.8 cm³/mol. The molecule has 9 heteroatoms. The van der Waals surface area contributed by atoms with Crippen LogP contribution < -0.4 is 0 Å². The fourth-order valence-electron chi connectivity index (χ4n) is 2.48. The minimum absolute atomic E-state index is 0.103. The summed E-state index contributed by atoms with van der Waals surface area (Å²) in [6, 6.07) is 4.63. The van der Waals surface area contributed by atoms with Crippen molar-refractivity contribution >= 4 is 47.4 Å². The number of nitrogens with one attached hydrogen (secondary N) is 1. The first kappa shape index (κ1) is 18.5. The Bertz CT molecular complexity index is 860. The lowest BCUT2D eigenvalue weighted by atomic mass is 10.0. The van der Waals surface area contributed by atoms with Crippen molar-refractivity contribution < 1.29 is 19.4 Å². The van der Waals surface area contributed by atoms with Crippen molar-refractivity contribution in [3.05, 3.63) is 50.0 Å². The summed E-state index contributed by atoms with van der Waals surface area (Å²) in [5, 5.41) is 10.1. The topological polar surface area (TPSA) is 84.3 Å². The van der Waals surface area contributed by atoms with Crippen molar-refractivity contribution in [1.82, 2.24) is 9.55 Å². The Labute approximate surface area is 153 Å². The third kappa shape index (κ3) is 3.33. The largest absolute Gasteiger partial charge is 0.477 e. The highest BCUT2D eigenvalue weighted by atomic mass is 35.5. The lowest BCUT2D eigenvalue weighted by Crippen LogP contribution is -2.19. The van der Waals surface area contributed by atoms with Gasteiger partial charge in [0.2, 0.25) is 0 Å². The van der Waals surface area contributed by atoms with Crippen LogP contribution in [0.5, 0.6) is 0 Å². The summed E-state index contributed by atoms with van der Waals surface area (Å²) in [5.74, 6) is -2.09. The van der Waals surface area contributed by atoms with Gasteiger partial charge in [0.1, 0.15) is 0 Å². The van der Waals surface area contributed by atoms with Gasteiger partial charge in [0, 0.05) is 0 Å². The van der Waals surface area contributed by atoms with Crippen LogP contribution in [-0.4, -0.2) is 33.7 Å². The Morgan fingerprint density at radius 2 is 2.04 bits per heavy atom. The molecule has 6 nitrogen and oxygen atoms in total. The van der Waals surface area contributed by atoms with Crippen molar-refractivity contribution in [3.63, 3.8) is 0 Å². The molecule has 0 saturated carbocycles. The summed E-state index contributed by atoms with van der Waals surface area (Å²) in [4.78, 5) is 26.1. The Morgan fingerprint density at radius 1 is 1.38 bits per heavy atom. The van der Waals surface area contributed by atoms with Crippen LogP contribution in [0.2, 0.25) is 10.0 Å². The summed E-state index contributed by atoms with van der Waals surface area (Å²) in [6.45, 7) is 1.88. The maximum absolute atomic E-state index is 12.1. The molecular formula is C15H14Cl2N2O4S. The van der Waals surface area contributed by atoms with E-state index in [1.54, 1.807) is 18.2 Å². The highest BCUT2D eigenvalue weighted by molar-refractivity contribution is 7.71. The summed E-state index contributed by atoms with van der Waals surface area (Å²) in [6.07, 6.45) is 0.535. The van der Waals surface area contributed by atoms with Crippen LogP contribution >= 0.6 is 35.4 Å². The van der Waals surface area contributed by atoms with Crippen LogP contribution in [0.25, 0.3) is 0 Å². The molecule has 0 bridgehead atoms. The molecule has 128 valence electrons. The molecule has 0 saturated heterocycles. The normalized spacial score (nSPS) is 12.0. The van der Waals surface area contributed by atoms with E-state index in [1.807, 2.05) is 6.92 Å². The molecule has 1 aromatic heterocycles. The second-order valence-electron chi connectivity index (χ2n) is 4.92. The van der Waals surface area contributed by atoms with Crippen molar-refractivity contribution in [1.29, 1.82) is 0 Å². The first-order valence-electron chi connectivity index (χ1n) is 6.92. The highest BCUT2D eigenvalue weighted by Crippen LogP contribution is 2.31. The number of methoxy groups -OCH3 is 1. The number of carbonyl (C=O) groups excluding carboxylic acids is 1. The molecule has 0 amide bonds. The molecule has 24 heavy (non-hydrogen) atoms. The van der Waals surface area contributed by atoms with Gasteiger partial charge in [-0.15, -0.1) is 0 Å². The lowest BCUT2D eigenvalue weighted by Gasteiger charge is -2.20. The molecule has 0 fully saturated rings. The minimum Gasteiger partial charge on any atom is -0.477 e. The molecule has 1 aromatic carbocycles. The van der Waals surface area contributed by atoms with E-state index in [0.717, 1.165) is 5.56 Å². The monoisotopic (exact) mass is 388 g/mol. The standard InChI is InChI=1S/C15H14Cl2N2O4S/c1-3-10(7-4-5-8(16)9(17)6-7)19-12(14(22)23-2)11(13(20)21)18-15(19)24/h4-6,10H,3H2,1-2H3,(H,18,24)(H,20,21). The van der Waals surface area contributed by atoms with E-state index >= 15 is 0 Å². The number of carboxylic acid groups (broad SMARTS) is 1. The number of rotatable bonds is 5. The zero-order valence-electron chi connectivity index (χ0n) is 12.8. The maximum atomic E-state index is 12.1. The number of aromatic carboxylic acids is 1. The fourth-order valence-corrected chi connectivity index (χ4v) is 3.11. The average Bonchev–Trinajstić information content (AvgIpc) is 2.89. The number of esters is 1. The third-order valence-corrected chi connectivity index (χ3v) is 4.59. The molecule has 1 heterocycles. The molecule has 2 N–H and O–H groups in total. The van der Waals surface area contributed by atoms with E-state index in [1.165, 1.54) is 11.7 Å². The first-order valence-corrected chi connectivity index (χ1v) is 8.09. The van der Waals surface area contributed by atoms with Crippen LogP contribution in [0.15, 0.2) is 18.2 Å². The Morgan fingerprint density at radius 3 is 2.54 bits per heavy atom. The fraction of sp³-hybridized carbons (Fsp3) is 0.267. The zero-order chi connectivity index (χ0) is 18.0. The van der Waals surface area contributed by atoms with E-state index < -0.39 is 18.0 Å². The van der Waals surface area contributed by atoms with Gasteiger partial charge in [-0.2, -0.15) is 0 Å². The first-order chi connectivity index (χ1) is 11.3. The van der Waals surface area contributed by atoms with Gasteiger partial charge in [0.25, 0.3) is 0 Å². The number of imidazole rings is 1. The van der Waals surface area contributed by atoms with Crippen LogP contribution in [0.4, 0.5) is 0 Å². The molecule has 2 rings (SSSR count). The van der Waals surface area contributed by atoms with Crippen molar-refractivity contribution in [2.45, 2.75) is 19.4 Å². The second kappa shape index (κ2) is 7.38. The van der Waals surface area contributed by atoms with Gasteiger partial charge in [-0.25, -0.2) is 9.59 Å². The van der Waals surface area contributed by atoms with Gasteiger partial charge < -0.3 is 19.4 Å². The number of carbonyl (C=O) groups is 2. The molecular weight excluding hydrogens is 375 g/mol. The van der Waals surface area contributed by atoms with Gasteiger partial charge in [0.05, 0.1) is 23.2 Å². The van der Waals surface area contributed by atoms with Crippen LogP contribution in [0.3, 0.4) is 0 Å². The molecule has 0 aliphatic rings. The second-order valence-corrected chi connectivity index (χ2v) is 6.12. The Kier molecular flexibility index (Phi) is 5.69.